The summed E-state index contributed by atoms with van der Waals surface area (Å²) in [5.74, 6) is 1.15. The van der Waals surface area contributed by atoms with Gasteiger partial charge in [0.15, 0.2) is 6.10 Å². The van der Waals surface area contributed by atoms with Crippen molar-refractivity contribution in [3.05, 3.63) is 72.3 Å². The van der Waals surface area contributed by atoms with Gasteiger partial charge >= 0.3 is 0 Å². The van der Waals surface area contributed by atoms with Crippen molar-refractivity contribution in [2.75, 3.05) is 24.3 Å². The highest BCUT2D eigenvalue weighted by molar-refractivity contribution is 7.92. The van der Waals surface area contributed by atoms with Gasteiger partial charge in [-0.25, -0.2) is 8.42 Å². The maximum Gasteiger partial charge on any atom is 0.265 e. The van der Waals surface area contributed by atoms with E-state index < -0.39 is 16.1 Å². The summed E-state index contributed by atoms with van der Waals surface area (Å²) in [6.45, 7) is 3.83. The van der Waals surface area contributed by atoms with E-state index in [1.165, 1.54) is 38.5 Å². The Bertz CT molecular complexity index is 1230. The van der Waals surface area contributed by atoms with Crippen molar-refractivity contribution < 1.29 is 27.4 Å². The van der Waals surface area contributed by atoms with Gasteiger partial charge in [0.25, 0.3) is 15.9 Å². The lowest BCUT2D eigenvalue weighted by molar-refractivity contribution is -0.122. The molecule has 0 aliphatic heterocycles. The van der Waals surface area contributed by atoms with Crippen LogP contribution in [0.4, 0.5) is 11.4 Å². The zero-order valence-electron chi connectivity index (χ0n) is 19.5. The largest absolute Gasteiger partial charge is 0.497 e. The average Bonchev–Trinajstić information content (AvgIpc) is 2.84. The Morgan fingerprint density at radius 3 is 2.15 bits per heavy atom. The summed E-state index contributed by atoms with van der Waals surface area (Å²) in [5.41, 5.74) is 1.83. The molecule has 0 aliphatic carbocycles. The summed E-state index contributed by atoms with van der Waals surface area (Å²) in [6, 6.07) is 18.1. The van der Waals surface area contributed by atoms with Crippen molar-refractivity contribution in [1.29, 1.82) is 0 Å². The van der Waals surface area contributed by atoms with Crippen molar-refractivity contribution in [1.82, 2.24) is 0 Å². The number of benzene rings is 3. The molecule has 0 radical (unpaired) electrons. The Balaban J connectivity index is 1.68. The van der Waals surface area contributed by atoms with Crippen molar-refractivity contribution >= 4 is 27.3 Å². The predicted molar refractivity (Wildman–Crippen MR) is 131 cm³/mol. The maximum atomic E-state index is 12.8. The monoisotopic (exact) mass is 484 g/mol. The number of ether oxygens (including phenoxy) is 3. The Kier molecular flexibility index (Phi) is 8.01. The number of rotatable bonds is 10. The molecular formula is C25H28N2O6S. The molecule has 0 unspecified atom stereocenters. The normalized spacial score (nSPS) is 11.9. The number of sulfonamides is 1. The first-order chi connectivity index (χ1) is 16.2. The van der Waals surface area contributed by atoms with Gasteiger partial charge in [-0.2, -0.15) is 0 Å². The molecule has 3 aromatic rings. The van der Waals surface area contributed by atoms with Gasteiger partial charge in [0, 0.05) is 11.8 Å². The van der Waals surface area contributed by atoms with Gasteiger partial charge in [-0.1, -0.05) is 24.6 Å². The van der Waals surface area contributed by atoms with Gasteiger partial charge in [-0.05, 0) is 61.9 Å². The van der Waals surface area contributed by atoms with E-state index in [1.807, 2.05) is 38.1 Å². The first-order valence-corrected chi connectivity index (χ1v) is 12.1. The van der Waals surface area contributed by atoms with Gasteiger partial charge < -0.3 is 19.5 Å². The molecule has 1 atom stereocenters. The lowest BCUT2D eigenvalue weighted by Gasteiger charge is -2.17. The molecule has 0 bridgehead atoms. The quantitative estimate of drug-likeness (QED) is 0.436. The summed E-state index contributed by atoms with van der Waals surface area (Å²) >= 11 is 0. The van der Waals surface area contributed by atoms with E-state index in [4.69, 9.17) is 14.2 Å². The molecule has 0 aromatic heterocycles. The minimum Gasteiger partial charge on any atom is -0.497 e. The fraction of sp³-hybridized carbons (Fsp3) is 0.240. The second-order valence-electron chi connectivity index (χ2n) is 7.51. The standard InChI is InChI=1S/C25H28N2O6S/c1-5-23(33-19-10-6-17(2)7-11-19)25(28)26-18-8-13-21(14-9-18)34(29,30)27-22-15-12-20(31-3)16-24(22)32-4/h6-16,23,27H,5H2,1-4H3,(H,26,28)/t23-/m1/s1. The molecule has 8 nitrogen and oxygen atoms in total. The minimum atomic E-state index is -3.88. The molecule has 0 fully saturated rings. The zero-order valence-corrected chi connectivity index (χ0v) is 20.3. The molecular weight excluding hydrogens is 456 g/mol. The minimum absolute atomic E-state index is 0.0336. The molecule has 1 amide bonds. The third-order valence-corrected chi connectivity index (χ3v) is 6.43. The second kappa shape index (κ2) is 10.9. The van der Waals surface area contributed by atoms with E-state index in [-0.39, 0.29) is 16.5 Å². The van der Waals surface area contributed by atoms with Gasteiger partial charge in [-0.15, -0.1) is 0 Å². The number of amides is 1. The summed E-state index contributed by atoms with van der Waals surface area (Å²) < 4.78 is 44.4. The third-order valence-electron chi connectivity index (χ3n) is 5.05. The van der Waals surface area contributed by atoms with Crippen LogP contribution in [0.3, 0.4) is 0 Å². The summed E-state index contributed by atoms with van der Waals surface area (Å²) in [7, 11) is -0.933. The van der Waals surface area contributed by atoms with E-state index in [2.05, 4.69) is 10.0 Å². The second-order valence-corrected chi connectivity index (χ2v) is 9.20. The van der Waals surface area contributed by atoms with E-state index in [9.17, 15) is 13.2 Å². The number of carbonyl (C=O) groups excluding carboxylic acids is 1. The highest BCUT2D eigenvalue weighted by Gasteiger charge is 2.20. The molecule has 0 spiro atoms. The molecule has 0 saturated carbocycles. The molecule has 0 aliphatic rings. The summed E-state index contributed by atoms with van der Waals surface area (Å²) in [5, 5.41) is 2.77. The first kappa shape index (κ1) is 24.9. The number of carbonyl (C=O) groups is 1. The van der Waals surface area contributed by atoms with E-state index in [1.54, 1.807) is 18.2 Å². The molecule has 34 heavy (non-hydrogen) atoms. The number of hydrogen-bond acceptors (Lipinski definition) is 6. The molecule has 0 heterocycles. The summed E-state index contributed by atoms with van der Waals surface area (Å²) in [6.07, 6.45) is -0.213. The zero-order chi connectivity index (χ0) is 24.7. The van der Waals surface area contributed by atoms with Gasteiger partial charge in [0.05, 0.1) is 24.8 Å². The van der Waals surface area contributed by atoms with Crippen LogP contribution in [0.15, 0.2) is 71.6 Å². The Hall–Kier alpha value is -3.72. The molecule has 180 valence electrons. The van der Waals surface area contributed by atoms with E-state index >= 15 is 0 Å². The summed E-state index contributed by atoms with van der Waals surface area (Å²) in [4.78, 5) is 12.7. The van der Waals surface area contributed by atoms with Crippen LogP contribution in [0, 0.1) is 6.92 Å². The van der Waals surface area contributed by atoms with Crippen molar-refractivity contribution in [2.45, 2.75) is 31.3 Å². The number of hydrogen-bond donors (Lipinski definition) is 2. The third kappa shape index (κ3) is 6.20. The number of anilines is 2. The SMILES string of the molecule is CC[C@@H](Oc1ccc(C)cc1)C(=O)Nc1ccc(S(=O)(=O)Nc2ccc(OC)cc2OC)cc1. The Labute approximate surface area is 199 Å². The lowest BCUT2D eigenvalue weighted by Crippen LogP contribution is -2.32. The first-order valence-electron chi connectivity index (χ1n) is 10.6. The van der Waals surface area contributed by atoms with E-state index in [0.717, 1.165) is 5.56 Å². The van der Waals surface area contributed by atoms with E-state index in [0.29, 0.717) is 29.4 Å². The highest BCUT2D eigenvalue weighted by atomic mass is 32.2. The number of nitrogens with one attached hydrogen (secondary N) is 2. The van der Waals surface area contributed by atoms with Crippen LogP contribution < -0.4 is 24.2 Å². The van der Waals surface area contributed by atoms with Crippen LogP contribution in [0.2, 0.25) is 0 Å². The topological polar surface area (TPSA) is 103 Å². The van der Waals surface area contributed by atoms with Crippen molar-refractivity contribution in [3.63, 3.8) is 0 Å². The molecule has 3 aromatic carbocycles. The maximum absolute atomic E-state index is 12.8. The van der Waals surface area contributed by atoms with Crippen LogP contribution in [0.25, 0.3) is 0 Å². The smallest absolute Gasteiger partial charge is 0.265 e. The van der Waals surface area contributed by atoms with Crippen LogP contribution in [0.1, 0.15) is 18.9 Å². The van der Waals surface area contributed by atoms with Gasteiger partial charge in [0.2, 0.25) is 0 Å². The van der Waals surface area contributed by atoms with Crippen LogP contribution in [-0.4, -0.2) is 34.6 Å². The van der Waals surface area contributed by atoms with Gasteiger partial charge in [0.1, 0.15) is 17.2 Å². The number of methoxy groups -OCH3 is 2. The Morgan fingerprint density at radius 2 is 1.56 bits per heavy atom. The predicted octanol–water partition coefficient (Wildman–Crippen LogP) is 4.61. The molecule has 9 heteroatoms. The highest BCUT2D eigenvalue weighted by Crippen LogP contribution is 2.31. The average molecular weight is 485 g/mol. The fourth-order valence-electron chi connectivity index (χ4n) is 3.13. The molecule has 0 saturated heterocycles. The van der Waals surface area contributed by atoms with Crippen molar-refractivity contribution in [2.24, 2.45) is 0 Å². The fourth-order valence-corrected chi connectivity index (χ4v) is 4.20. The van der Waals surface area contributed by atoms with Crippen LogP contribution in [0.5, 0.6) is 17.2 Å². The Morgan fingerprint density at radius 1 is 0.912 bits per heavy atom. The lowest BCUT2D eigenvalue weighted by atomic mass is 10.2. The number of aryl methyl sites for hydroxylation is 1. The molecule has 3 rings (SSSR count). The van der Waals surface area contributed by atoms with Crippen molar-refractivity contribution in [3.8, 4) is 17.2 Å². The van der Waals surface area contributed by atoms with Gasteiger partial charge in [-0.3, -0.25) is 9.52 Å². The van der Waals surface area contributed by atoms with Crippen LogP contribution in [-0.2, 0) is 14.8 Å². The molecule has 2 N–H and O–H groups in total. The van der Waals surface area contributed by atoms with Crippen LogP contribution >= 0.6 is 0 Å².